The first-order valence-corrected chi connectivity index (χ1v) is 11.5. The quantitative estimate of drug-likeness (QED) is 0.344. The number of fused-ring (bicyclic) bond motifs is 3. The van der Waals surface area contributed by atoms with E-state index in [1.54, 1.807) is 23.6 Å². The molecule has 5 rings (SSSR count). The topological polar surface area (TPSA) is 144 Å². The van der Waals surface area contributed by atoms with E-state index in [-0.39, 0.29) is 34.4 Å². The predicted molar refractivity (Wildman–Crippen MR) is 133 cm³/mol. The third kappa shape index (κ3) is 3.94. The second-order valence-corrected chi connectivity index (χ2v) is 9.14. The van der Waals surface area contributed by atoms with Crippen LogP contribution in [-0.2, 0) is 4.79 Å². The molecule has 37 heavy (non-hydrogen) atoms. The largest absolute Gasteiger partial charge is 0.465 e. The average Bonchev–Trinajstić information content (AvgIpc) is 3.57. The highest BCUT2D eigenvalue weighted by Gasteiger charge is 2.32. The summed E-state index contributed by atoms with van der Waals surface area (Å²) in [5.74, 6) is -2.10. The summed E-state index contributed by atoms with van der Waals surface area (Å²) in [6, 6.07) is 3.81. The number of halogens is 2. The first-order chi connectivity index (χ1) is 17.5. The summed E-state index contributed by atoms with van der Waals surface area (Å²) in [6.07, 6.45) is 0.154. The molecule has 2 aromatic carbocycles. The molecule has 10 nitrogen and oxygen atoms in total. The van der Waals surface area contributed by atoms with Gasteiger partial charge in [0.25, 0.3) is 11.5 Å². The SMILES string of the molecule is Cc1c(-c2cc(F)c(N)cc2F)ccc2c3oc(N(C)C(=O)[C@H](C)NC(=O)O)nc3c(=O)n(C3CC3)c12. The number of nitrogen functional groups attached to an aromatic ring is 1. The summed E-state index contributed by atoms with van der Waals surface area (Å²) in [5, 5.41) is 11.5. The van der Waals surface area contributed by atoms with Crippen molar-refractivity contribution in [3.8, 4) is 11.1 Å². The first kappa shape index (κ1) is 24.2. The number of oxazole rings is 1. The van der Waals surface area contributed by atoms with Crippen LogP contribution >= 0.6 is 0 Å². The van der Waals surface area contributed by atoms with Crippen molar-refractivity contribution in [1.82, 2.24) is 14.9 Å². The van der Waals surface area contributed by atoms with E-state index in [0.717, 1.165) is 29.9 Å². The number of carboxylic acid groups (broad SMARTS) is 1. The van der Waals surface area contributed by atoms with Gasteiger partial charge in [-0.15, -0.1) is 0 Å². The molecule has 0 radical (unpaired) electrons. The van der Waals surface area contributed by atoms with Gasteiger partial charge < -0.3 is 25.1 Å². The molecule has 1 fully saturated rings. The molecule has 0 unspecified atom stereocenters. The van der Waals surface area contributed by atoms with E-state index in [9.17, 15) is 23.2 Å². The molecule has 4 N–H and O–H groups in total. The number of nitrogens with zero attached hydrogens (tertiary/aromatic N) is 3. The zero-order chi connectivity index (χ0) is 26.8. The van der Waals surface area contributed by atoms with Gasteiger partial charge in [-0.05, 0) is 49.9 Å². The zero-order valence-corrected chi connectivity index (χ0v) is 20.1. The summed E-state index contributed by atoms with van der Waals surface area (Å²) < 4.78 is 36.5. The molecule has 0 aliphatic heterocycles. The highest BCUT2D eigenvalue weighted by atomic mass is 19.1. The number of benzene rings is 2. The van der Waals surface area contributed by atoms with Gasteiger partial charge in [-0.3, -0.25) is 14.5 Å². The molecule has 0 saturated heterocycles. The van der Waals surface area contributed by atoms with Gasteiger partial charge in [0, 0.05) is 30.1 Å². The van der Waals surface area contributed by atoms with Crippen molar-refractivity contribution in [3.63, 3.8) is 0 Å². The lowest BCUT2D eigenvalue weighted by Crippen LogP contribution is -2.45. The van der Waals surface area contributed by atoms with E-state index in [1.807, 2.05) is 0 Å². The van der Waals surface area contributed by atoms with Gasteiger partial charge >= 0.3 is 12.1 Å². The van der Waals surface area contributed by atoms with Crippen LogP contribution in [0.1, 0.15) is 31.4 Å². The van der Waals surface area contributed by atoms with Crippen LogP contribution in [0.4, 0.5) is 25.3 Å². The van der Waals surface area contributed by atoms with Gasteiger partial charge in [0.15, 0.2) is 11.1 Å². The van der Waals surface area contributed by atoms with Gasteiger partial charge in [-0.1, -0.05) is 6.07 Å². The molecule has 1 saturated carbocycles. The Balaban J connectivity index is 1.73. The van der Waals surface area contributed by atoms with E-state index in [0.29, 0.717) is 22.0 Å². The standard InChI is InChI=1S/C25H23F2N5O5/c1-10-13(15-8-17(27)18(28)9-16(15)26)6-7-14-20(10)32(12-4-5-12)23(34)19-21(14)37-24(30-19)31(3)22(33)11(2)29-25(35)36/h6-9,11-12,29H,4-5,28H2,1-3H3,(H,35,36)/t11-/m0/s1. The number of anilines is 2. The van der Waals surface area contributed by atoms with Crippen molar-refractivity contribution in [1.29, 1.82) is 0 Å². The Labute approximate surface area is 208 Å². The first-order valence-electron chi connectivity index (χ1n) is 11.5. The molecule has 0 spiro atoms. The van der Waals surface area contributed by atoms with Gasteiger partial charge in [0.2, 0.25) is 0 Å². The molecule has 4 aromatic rings. The van der Waals surface area contributed by atoms with Gasteiger partial charge in [-0.2, -0.15) is 4.98 Å². The van der Waals surface area contributed by atoms with Crippen molar-refractivity contribution >= 4 is 45.7 Å². The second-order valence-electron chi connectivity index (χ2n) is 9.14. The Bertz CT molecular complexity index is 1670. The Morgan fingerprint density at radius 1 is 1.24 bits per heavy atom. The van der Waals surface area contributed by atoms with Crippen LogP contribution in [0.25, 0.3) is 33.1 Å². The number of aromatic nitrogens is 2. The number of hydrogen-bond donors (Lipinski definition) is 3. The molecule has 2 aromatic heterocycles. The molecule has 12 heteroatoms. The molecular formula is C25H23F2N5O5. The third-order valence-electron chi connectivity index (χ3n) is 6.57. The Kier molecular flexibility index (Phi) is 5.61. The number of nitrogens with one attached hydrogen (secondary N) is 1. The van der Waals surface area contributed by atoms with Crippen molar-refractivity contribution in [2.45, 2.75) is 38.8 Å². The van der Waals surface area contributed by atoms with Crippen LogP contribution in [0.5, 0.6) is 0 Å². The molecule has 1 aliphatic carbocycles. The second kappa shape index (κ2) is 8.57. The summed E-state index contributed by atoms with van der Waals surface area (Å²) >= 11 is 0. The van der Waals surface area contributed by atoms with Crippen LogP contribution in [0, 0.1) is 18.6 Å². The van der Waals surface area contributed by atoms with Crippen LogP contribution in [-0.4, -0.2) is 39.7 Å². The highest BCUT2D eigenvalue weighted by Crippen LogP contribution is 2.41. The maximum absolute atomic E-state index is 14.8. The Hall–Kier alpha value is -4.48. The fourth-order valence-corrected chi connectivity index (χ4v) is 4.56. The van der Waals surface area contributed by atoms with E-state index in [1.165, 1.54) is 14.0 Å². The molecule has 1 atom stereocenters. The van der Waals surface area contributed by atoms with Gasteiger partial charge in [0.05, 0.1) is 11.2 Å². The number of aryl methyl sites for hydroxylation is 1. The summed E-state index contributed by atoms with van der Waals surface area (Å²) in [4.78, 5) is 42.5. The molecule has 2 amide bonds. The minimum absolute atomic E-state index is 0.00417. The van der Waals surface area contributed by atoms with Gasteiger partial charge in [-0.25, -0.2) is 13.6 Å². The number of likely N-dealkylation sites (N-methyl/N-ethyl adjacent to an activating group) is 1. The van der Waals surface area contributed by atoms with E-state index >= 15 is 0 Å². The number of hydrogen-bond acceptors (Lipinski definition) is 6. The van der Waals surface area contributed by atoms with Crippen LogP contribution in [0.15, 0.2) is 33.5 Å². The van der Waals surface area contributed by atoms with Crippen LogP contribution < -0.4 is 21.5 Å². The van der Waals surface area contributed by atoms with Gasteiger partial charge in [0.1, 0.15) is 17.7 Å². The summed E-state index contributed by atoms with van der Waals surface area (Å²) in [7, 11) is 1.36. The number of carbonyl (C=O) groups excluding carboxylic acids is 1. The summed E-state index contributed by atoms with van der Waals surface area (Å²) in [5.41, 5.74) is 6.30. The number of nitrogens with two attached hydrogens (primary N) is 1. The predicted octanol–water partition coefficient (Wildman–Crippen LogP) is 3.93. The molecular weight excluding hydrogens is 488 g/mol. The van der Waals surface area contributed by atoms with Crippen LogP contribution in [0.3, 0.4) is 0 Å². The number of rotatable bonds is 5. The monoisotopic (exact) mass is 511 g/mol. The zero-order valence-electron chi connectivity index (χ0n) is 20.1. The van der Waals surface area contributed by atoms with E-state index < -0.39 is 35.2 Å². The van der Waals surface area contributed by atoms with Crippen LogP contribution in [0.2, 0.25) is 0 Å². The Morgan fingerprint density at radius 2 is 1.95 bits per heavy atom. The maximum Gasteiger partial charge on any atom is 0.405 e. The lowest BCUT2D eigenvalue weighted by atomic mass is 9.96. The minimum atomic E-state index is -1.37. The lowest BCUT2D eigenvalue weighted by Gasteiger charge is -2.17. The normalized spacial score (nSPS) is 14.2. The lowest BCUT2D eigenvalue weighted by molar-refractivity contribution is -0.120. The third-order valence-corrected chi connectivity index (χ3v) is 6.57. The molecule has 0 bridgehead atoms. The average molecular weight is 511 g/mol. The maximum atomic E-state index is 14.8. The number of carbonyl (C=O) groups is 2. The fourth-order valence-electron chi connectivity index (χ4n) is 4.56. The van der Waals surface area contributed by atoms with Crippen molar-refractivity contribution in [3.05, 3.63) is 51.8 Å². The fraction of sp³-hybridized carbons (Fsp3) is 0.280. The van der Waals surface area contributed by atoms with Crippen molar-refractivity contribution in [2.24, 2.45) is 0 Å². The van der Waals surface area contributed by atoms with E-state index in [4.69, 9.17) is 15.3 Å². The number of amides is 2. The Morgan fingerprint density at radius 3 is 2.59 bits per heavy atom. The van der Waals surface area contributed by atoms with E-state index in [2.05, 4.69) is 10.3 Å². The highest BCUT2D eigenvalue weighted by molar-refractivity contribution is 6.05. The number of pyridine rings is 1. The van der Waals surface area contributed by atoms with Crippen molar-refractivity contribution < 1.29 is 27.9 Å². The summed E-state index contributed by atoms with van der Waals surface area (Å²) in [6.45, 7) is 3.08. The molecule has 1 aliphatic rings. The smallest absolute Gasteiger partial charge is 0.405 e. The van der Waals surface area contributed by atoms with Crippen molar-refractivity contribution in [2.75, 3.05) is 17.7 Å². The molecule has 192 valence electrons. The molecule has 2 heterocycles. The minimum Gasteiger partial charge on any atom is -0.465 e.